The van der Waals surface area contributed by atoms with E-state index < -0.39 is 6.10 Å². The van der Waals surface area contributed by atoms with Gasteiger partial charge in [0.2, 0.25) is 0 Å². The number of hydrogen-bond donors (Lipinski definition) is 3. The van der Waals surface area contributed by atoms with Crippen LogP contribution in [-0.2, 0) is 0 Å². The third kappa shape index (κ3) is 1.29. The monoisotopic (exact) mass is 244 g/mol. The first-order chi connectivity index (χ1) is 8.63. The fourth-order valence-corrected chi connectivity index (χ4v) is 2.49. The molecule has 4 heteroatoms. The third-order valence-corrected chi connectivity index (χ3v) is 3.25. The van der Waals surface area contributed by atoms with Crippen molar-refractivity contribution in [2.24, 2.45) is 0 Å². The van der Waals surface area contributed by atoms with Crippen molar-refractivity contribution in [2.75, 3.05) is 7.11 Å². The molecule has 4 nitrogen and oxygen atoms in total. The number of benzene rings is 2. The predicted octanol–water partition coefficient (Wildman–Crippen LogP) is 2.17. The summed E-state index contributed by atoms with van der Waals surface area (Å²) in [4.78, 5) is 0. The predicted molar refractivity (Wildman–Crippen MR) is 65.8 cm³/mol. The number of aliphatic hydroxyl groups excluding tert-OH is 1. The van der Waals surface area contributed by atoms with Crippen LogP contribution < -0.4 is 4.74 Å². The number of rotatable bonds is 1. The van der Waals surface area contributed by atoms with Crippen LogP contribution in [0.25, 0.3) is 11.1 Å². The molecule has 0 bridgehead atoms. The van der Waals surface area contributed by atoms with Gasteiger partial charge in [0.1, 0.15) is 23.4 Å². The molecule has 2 aromatic rings. The van der Waals surface area contributed by atoms with Crippen molar-refractivity contribution < 1.29 is 20.1 Å². The number of methoxy groups -OCH3 is 1. The molecule has 0 unspecified atom stereocenters. The Morgan fingerprint density at radius 3 is 2.56 bits per heavy atom. The number of hydrogen-bond acceptors (Lipinski definition) is 4. The highest BCUT2D eigenvalue weighted by Crippen LogP contribution is 2.52. The lowest BCUT2D eigenvalue weighted by Crippen LogP contribution is -1.94. The number of fused-ring (bicyclic) bond motifs is 3. The van der Waals surface area contributed by atoms with E-state index in [0.29, 0.717) is 28.0 Å². The maximum absolute atomic E-state index is 10.2. The van der Waals surface area contributed by atoms with Gasteiger partial charge in [0, 0.05) is 22.8 Å². The van der Waals surface area contributed by atoms with Crippen LogP contribution in [0.2, 0.25) is 0 Å². The van der Waals surface area contributed by atoms with E-state index in [9.17, 15) is 15.3 Å². The van der Waals surface area contributed by atoms with Crippen molar-refractivity contribution >= 4 is 0 Å². The zero-order chi connectivity index (χ0) is 12.9. The summed E-state index contributed by atoms with van der Waals surface area (Å²) in [5, 5.41) is 29.8. The molecule has 18 heavy (non-hydrogen) atoms. The highest BCUT2D eigenvalue weighted by Gasteiger charge is 2.32. The summed E-state index contributed by atoms with van der Waals surface area (Å²) in [6.07, 6.45) is -0.858. The molecule has 1 atom stereocenters. The van der Waals surface area contributed by atoms with Crippen LogP contribution in [0.1, 0.15) is 17.2 Å². The van der Waals surface area contributed by atoms with Crippen LogP contribution in [0.15, 0.2) is 30.3 Å². The number of aromatic hydroxyl groups is 2. The van der Waals surface area contributed by atoms with Gasteiger partial charge in [0.15, 0.2) is 0 Å². The first kappa shape index (κ1) is 10.9. The zero-order valence-corrected chi connectivity index (χ0v) is 9.71. The number of phenolic OH excluding ortho intramolecular Hbond substituents is 2. The molecule has 0 aliphatic heterocycles. The minimum atomic E-state index is -0.858. The van der Waals surface area contributed by atoms with Gasteiger partial charge in [-0.15, -0.1) is 0 Å². The molecule has 0 amide bonds. The van der Waals surface area contributed by atoms with Gasteiger partial charge in [-0.3, -0.25) is 0 Å². The van der Waals surface area contributed by atoms with Crippen molar-refractivity contribution in [3.8, 4) is 28.4 Å². The van der Waals surface area contributed by atoms with Crippen molar-refractivity contribution in [1.82, 2.24) is 0 Å². The zero-order valence-electron chi connectivity index (χ0n) is 9.71. The first-order valence-electron chi connectivity index (χ1n) is 5.54. The summed E-state index contributed by atoms with van der Waals surface area (Å²) in [5.41, 5.74) is 2.37. The van der Waals surface area contributed by atoms with Gasteiger partial charge in [-0.1, -0.05) is 12.1 Å². The highest BCUT2D eigenvalue weighted by molar-refractivity contribution is 5.87. The molecular weight excluding hydrogens is 232 g/mol. The Hall–Kier alpha value is -2.20. The van der Waals surface area contributed by atoms with Gasteiger partial charge in [-0.2, -0.15) is 0 Å². The number of ether oxygens (including phenoxy) is 1. The van der Waals surface area contributed by atoms with Crippen molar-refractivity contribution in [1.29, 1.82) is 0 Å². The molecule has 1 aliphatic rings. The van der Waals surface area contributed by atoms with E-state index >= 15 is 0 Å². The molecule has 0 heterocycles. The Kier molecular flexibility index (Phi) is 2.21. The fourth-order valence-electron chi connectivity index (χ4n) is 2.49. The molecule has 3 N–H and O–H groups in total. The number of aliphatic hydroxyl groups is 1. The molecule has 0 spiro atoms. The van der Waals surface area contributed by atoms with Gasteiger partial charge < -0.3 is 20.1 Å². The fraction of sp³-hybridized carbons (Fsp3) is 0.143. The minimum absolute atomic E-state index is 0.0249. The van der Waals surface area contributed by atoms with Crippen molar-refractivity contribution in [3.63, 3.8) is 0 Å². The van der Waals surface area contributed by atoms with Gasteiger partial charge in [0.05, 0.1) is 7.11 Å². The molecule has 0 radical (unpaired) electrons. The van der Waals surface area contributed by atoms with E-state index in [1.54, 1.807) is 18.2 Å². The average Bonchev–Trinajstić information content (AvgIpc) is 2.64. The normalized spacial score (nSPS) is 16.2. The van der Waals surface area contributed by atoms with E-state index in [2.05, 4.69) is 0 Å². The Morgan fingerprint density at radius 1 is 1.06 bits per heavy atom. The van der Waals surface area contributed by atoms with E-state index in [4.69, 9.17) is 4.74 Å². The lowest BCUT2D eigenvalue weighted by Gasteiger charge is -2.10. The second-order valence-electron chi connectivity index (χ2n) is 4.26. The van der Waals surface area contributed by atoms with Gasteiger partial charge in [-0.25, -0.2) is 0 Å². The lowest BCUT2D eigenvalue weighted by molar-refractivity contribution is 0.224. The smallest absolute Gasteiger partial charge is 0.130 e. The summed E-state index contributed by atoms with van der Waals surface area (Å²) < 4.78 is 5.22. The summed E-state index contributed by atoms with van der Waals surface area (Å²) in [6, 6.07) is 7.94. The van der Waals surface area contributed by atoms with E-state index in [0.717, 1.165) is 0 Å². The van der Waals surface area contributed by atoms with Crippen LogP contribution in [0.4, 0.5) is 0 Å². The second kappa shape index (κ2) is 3.65. The van der Waals surface area contributed by atoms with E-state index in [1.165, 1.54) is 19.2 Å². The van der Waals surface area contributed by atoms with Crippen LogP contribution in [0.5, 0.6) is 17.2 Å². The van der Waals surface area contributed by atoms with Gasteiger partial charge in [0.25, 0.3) is 0 Å². The summed E-state index contributed by atoms with van der Waals surface area (Å²) >= 11 is 0. The van der Waals surface area contributed by atoms with Gasteiger partial charge in [-0.05, 0) is 17.7 Å². The van der Waals surface area contributed by atoms with Gasteiger partial charge >= 0.3 is 0 Å². The first-order valence-corrected chi connectivity index (χ1v) is 5.54. The standard InChI is InChI=1S/C14H12O4/c1-18-11-6-7(15)5-9-13(11)12-8(14(9)17)3-2-4-10(12)16/h2-6,14-17H,1H3/t14-/m1/s1. The third-order valence-electron chi connectivity index (χ3n) is 3.25. The lowest BCUT2D eigenvalue weighted by atomic mass is 10.0. The summed E-state index contributed by atoms with van der Waals surface area (Å²) in [7, 11) is 1.49. The molecule has 0 fully saturated rings. The minimum Gasteiger partial charge on any atom is -0.508 e. The van der Waals surface area contributed by atoms with Crippen LogP contribution in [0.3, 0.4) is 0 Å². The topological polar surface area (TPSA) is 69.9 Å². The van der Waals surface area contributed by atoms with E-state index in [-0.39, 0.29) is 11.5 Å². The summed E-state index contributed by atoms with van der Waals surface area (Å²) in [6.45, 7) is 0. The molecule has 92 valence electrons. The molecule has 0 saturated carbocycles. The average molecular weight is 244 g/mol. The van der Waals surface area contributed by atoms with Crippen molar-refractivity contribution in [3.05, 3.63) is 41.5 Å². The Morgan fingerprint density at radius 2 is 1.83 bits per heavy atom. The maximum atomic E-state index is 10.2. The molecule has 1 aliphatic carbocycles. The highest BCUT2D eigenvalue weighted by atomic mass is 16.5. The van der Waals surface area contributed by atoms with Crippen LogP contribution in [-0.4, -0.2) is 22.4 Å². The SMILES string of the molecule is COc1cc(O)cc2c1-c1c(O)cccc1[C@H]2O. The van der Waals surface area contributed by atoms with Crippen molar-refractivity contribution in [2.45, 2.75) is 6.10 Å². The molecule has 3 rings (SSSR count). The molecule has 0 aromatic heterocycles. The Balaban J connectivity index is 2.40. The quantitative estimate of drug-likeness (QED) is 0.719. The maximum Gasteiger partial charge on any atom is 0.130 e. The second-order valence-corrected chi connectivity index (χ2v) is 4.26. The molecule has 2 aromatic carbocycles. The summed E-state index contributed by atoms with van der Waals surface area (Å²) in [5.74, 6) is 0.551. The van der Waals surface area contributed by atoms with Crippen LogP contribution in [0, 0.1) is 0 Å². The van der Waals surface area contributed by atoms with Crippen LogP contribution >= 0.6 is 0 Å². The largest absolute Gasteiger partial charge is 0.508 e. The molecular formula is C14H12O4. The Bertz CT molecular complexity index is 634. The van der Waals surface area contributed by atoms with E-state index in [1.807, 2.05) is 0 Å². The molecule has 0 saturated heterocycles. The number of phenols is 2. The Labute approximate surface area is 104 Å².